The van der Waals surface area contributed by atoms with E-state index in [0.717, 1.165) is 15.6 Å². The molecule has 2 amide bonds. The molecular weight excluding hydrogens is 436 g/mol. The molecule has 0 aromatic heterocycles. The van der Waals surface area contributed by atoms with E-state index in [1.54, 1.807) is 0 Å². The number of rotatable bonds is 4. The van der Waals surface area contributed by atoms with E-state index >= 15 is 0 Å². The minimum atomic E-state index is -0.850. The zero-order valence-corrected chi connectivity index (χ0v) is 17.8. The quantitative estimate of drug-likeness (QED) is 0.687. The number of benzene rings is 2. The number of hydrogen-bond acceptors (Lipinski definition) is 5. The summed E-state index contributed by atoms with van der Waals surface area (Å²) in [4.78, 5) is 32.4. The summed E-state index contributed by atoms with van der Waals surface area (Å²) in [5.74, 6) is -0.424. The number of hydrogen-bond donors (Lipinski definition) is 0. The average molecular weight is 457 g/mol. The molecule has 1 saturated heterocycles. The highest BCUT2D eigenvalue weighted by Gasteiger charge is 2.52. The van der Waals surface area contributed by atoms with Gasteiger partial charge in [-0.3, -0.25) is 4.79 Å². The van der Waals surface area contributed by atoms with Crippen LogP contribution in [0.1, 0.15) is 31.4 Å². The zero-order valence-electron chi connectivity index (χ0n) is 16.2. The number of nitrogens with zero attached hydrogens (tertiary/aromatic N) is 2. The lowest BCUT2D eigenvalue weighted by Crippen LogP contribution is -2.49. The molecule has 2 heterocycles. The highest BCUT2D eigenvalue weighted by molar-refractivity contribution is 9.10. The Morgan fingerprint density at radius 1 is 1.17 bits per heavy atom. The van der Waals surface area contributed by atoms with Crippen LogP contribution in [0.2, 0.25) is 0 Å². The van der Waals surface area contributed by atoms with E-state index in [1.165, 1.54) is 4.90 Å². The topological polar surface area (TPSA) is 68.2 Å². The number of carbonyl (C=O) groups is 2. The summed E-state index contributed by atoms with van der Waals surface area (Å²) >= 11 is 3.49. The molecule has 2 atom stereocenters. The molecule has 2 aromatic carbocycles. The first-order valence-electron chi connectivity index (χ1n) is 9.44. The number of imide groups is 1. The summed E-state index contributed by atoms with van der Waals surface area (Å²) in [6.45, 7) is 3.65. The molecule has 0 bridgehead atoms. The Morgan fingerprint density at radius 2 is 1.86 bits per heavy atom. The number of cyclic esters (lactones) is 1. The molecule has 1 fully saturated rings. The van der Waals surface area contributed by atoms with Gasteiger partial charge in [-0.15, -0.1) is 0 Å². The number of oxime groups is 1. The van der Waals surface area contributed by atoms with Crippen molar-refractivity contribution in [1.82, 2.24) is 4.90 Å². The Labute approximate surface area is 177 Å². The second-order valence-corrected chi connectivity index (χ2v) is 8.56. The van der Waals surface area contributed by atoms with Crippen LogP contribution >= 0.6 is 15.9 Å². The maximum atomic E-state index is 13.2. The molecule has 150 valence electrons. The first-order chi connectivity index (χ1) is 13.9. The Morgan fingerprint density at radius 3 is 2.59 bits per heavy atom. The molecule has 0 radical (unpaired) electrons. The molecular formula is C22H21BrN2O4. The van der Waals surface area contributed by atoms with Gasteiger partial charge >= 0.3 is 6.09 Å². The minimum Gasteiger partial charge on any atom is -0.441 e. The Balaban J connectivity index is 1.54. The van der Waals surface area contributed by atoms with Crippen LogP contribution in [-0.4, -0.2) is 40.4 Å². The second-order valence-electron chi connectivity index (χ2n) is 7.70. The lowest BCUT2D eigenvalue weighted by molar-refractivity contribution is -0.140. The van der Waals surface area contributed by atoms with E-state index in [2.05, 4.69) is 21.1 Å². The smallest absolute Gasteiger partial charge is 0.417 e. The van der Waals surface area contributed by atoms with Crippen molar-refractivity contribution in [2.75, 3.05) is 0 Å². The Kier molecular flexibility index (Phi) is 5.17. The maximum Gasteiger partial charge on any atom is 0.417 e. The van der Waals surface area contributed by atoms with Crippen molar-refractivity contribution in [2.24, 2.45) is 5.16 Å². The van der Waals surface area contributed by atoms with Gasteiger partial charge in [0.2, 0.25) is 6.10 Å². The van der Waals surface area contributed by atoms with Crippen molar-refractivity contribution >= 4 is 33.6 Å². The molecule has 4 rings (SSSR count). The molecule has 29 heavy (non-hydrogen) atoms. The van der Waals surface area contributed by atoms with E-state index in [0.29, 0.717) is 18.6 Å². The van der Waals surface area contributed by atoms with Crippen LogP contribution in [0.3, 0.4) is 0 Å². The van der Waals surface area contributed by atoms with Crippen LogP contribution in [0.5, 0.6) is 0 Å². The van der Waals surface area contributed by atoms with Gasteiger partial charge < -0.3 is 9.57 Å². The van der Waals surface area contributed by atoms with Crippen molar-refractivity contribution < 1.29 is 19.2 Å². The second kappa shape index (κ2) is 7.63. The average Bonchev–Trinajstić information content (AvgIpc) is 3.25. The van der Waals surface area contributed by atoms with Gasteiger partial charge in [-0.2, -0.15) is 0 Å². The van der Waals surface area contributed by atoms with Gasteiger partial charge in [0.15, 0.2) is 0 Å². The predicted octanol–water partition coefficient (Wildman–Crippen LogP) is 4.31. The number of carbonyl (C=O) groups excluding carboxylic acids is 2. The zero-order chi connectivity index (χ0) is 20.6. The highest BCUT2D eigenvalue weighted by atomic mass is 79.9. The van der Waals surface area contributed by atoms with Crippen molar-refractivity contribution in [3.8, 4) is 0 Å². The molecule has 2 aliphatic heterocycles. The third-order valence-corrected chi connectivity index (χ3v) is 5.99. The fourth-order valence-electron chi connectivity index (χ4n) is 3.72. The summed E-state index contributed by atoms with van der Waals surface area (Å²) in [6, 6.07) is 16.9. The molecule has 2 aromatic rings. The van der Waals surface area contributed by atoms with Crippen LogP contribution in [-0.2, 0) is 20.8 Å². The van der Waals surface area contributed by atoms with Gasteiger partial charge in [0, 0.05) is 16.5 Å². The van der Waals surface area contributed by atoms with Gasteiger partial charge in [-0.25, -0.2) is 9.69 Å². The van der Waals surface area contributed by atoms with E-state index < -0.39 is 29.7 Å². The fourth-order valence-corrected chi connectivity index (χ4v) is 4.23. The molecule has 0 unspecified atom stereocenters. The molecule has 0 saturated carbocycles. The lowest BCUT2D eigenvalue weighted by Gasteiger charge is -2.28. The fraction of sp³-hybridized carbons (Fsp3) is 0.318. The summed E-state index contributed by atoms with van der Waals surface area (Å²) < 4.78 is 6.40. The van der Waals surface area contributed by atoms with Crippen LogP contribution in [0, 0.1) is 0 Å². The molecule has 7 heteroatoms. The maximum absolute atomic E-state index is 13.2. The first kappa shape index (κ1) is 19.6. The van der Waals surface area contributed by atoms with E-state index in [4.69, 9.17) is 9.57 Å². The molecule has 0 N–H and O–H groups in total. The molecule has 0 spiro atoms. The van der Waals surface area contributed by atoms with Gasteiger partial charge in [0.25, 0.3) is 5.91 Å². The van der Waals surface area contributed by atoms with Crippen LogP contribution in [0.4, 0.5) is 4.79 Å². The van der Waals surface area contributed by atoms with Crippen LogP contribution in [0.25, 0.3) is 0 Å². The van der Waals surface area contributed by atoms with Crippen molar-refractivity contribution in [3.05, 3.63) is 70.2 Å². The standard InChI is InChI=1S/C22H21BrN2O4/c1-22(2)19(12-14-8-4-3-5-9-14)25(21(27)28-22)20(26)18-13-17(24-29-18)15-10-6-7-11-16(15)23/h3-11,18-19H,12-13H2,1-2H3/t18-,19-/m0/s1. The number of halogens is 1. The van der Waals surface area contributed by atoms with Gasteiger partial charge in [-0.1, -0.05) is 69.6 Å². The first-order valence-corrected chi connectivity index (χ1v) is 10.2. The minimum absolute atomic E-state index is 0.295. The SMILES string of the molecule is CC1(C)OC(=O)N(C(=O)[C@@H]2CC(c3ccccc3Br)=NO2)[C@H]1Cc1ccccc1. The largest absolute Gasteiger partial charge is 0.441 e. The van der Waals surface area contributed by atoms with E-state index in [1.807, 2.05) is 68.4 Å². The van der Waals surface area contributed by atoms with E-state index in [9.17, 15) is 9.59 Å². The summed E-state index contributed by atoms with van der Waals surface area (Å²) in [7, 11) is 0. The molecule has 0 aliphatic carbocycles. The summed E-state index contributed by atoms with van der Waals surface area (Å²) in [5.41, 5.74) is 1.77. The van der Waals surface area contributed by atoms with Crippen molar-refractivity contribution in [2.45, 2.75) is 44.4 Å². The molecule has 6 nitrogen and oxygen atoms in total. The third kappa shape index (κ3) is 3.79. The van der Waals surface area contributed by atoms with Gasteiger partial charge in [0.1, 0.15) is 5.60 Å². The van der Waals surface area contributed by atoms with Crippen molar-refractivity contribution in [3.63, 3.8) is 0 Å². The van der Waals surface area contributed by atoms with Gasteiger partial charge in [-0.05, 0) is 31.9 Å². The summed E-state index contributed by atoms with van der Waals surface area (Å²) in [5, 5.41) is 4.10. The number of amides is 2. The Hall–Kier alpha value is -2.67. The highest BCUT2D eigenvalue weighted by Crippen LogP contribution is 2.34. The van der Waals surface area contributed by atoms with Crippen LogP contribution < -0.4 is 0 Å². The Bertz CT molecular complexity index is 974. The number of ether oxygens (including phenoxy) is 1. The predicted molar refractivity (Wildman–Crippen MR) is 112 cm³/mol. The third-order valence-electron chi connectivity index (χ3n) is 5.30. The summed E-state index contributed by atoms with van der Waals surface area (Å²) in [6.07, 6.45) is -0.685. The lowest BCUT2D eigenvalue weighted by atomic mass is 9.91. The normalized spacial score (nSPS) is 22.8. The van der Waals surface area contributed by atoms with Gasteiger partial charge in [0.05, 0.1) is 11.8 Å². The van der Waals surface area contributed by atoms with Crippen molar-refractivity contribution in [1.29, 1.82) is 0 Å². The molecule has 2 aliphatic rings. The van der Waals surface area contributed by atoms with Crippen LogP contribution in [0.15, 0.2) is 64.2 Å². The monoisotopic (exact) mass is 456 g/mol. The van der Waals surface area contributed by atoms with E-state index in [-0.39, 0.29) is 0 Å².